The van der Waals surface area contributed by atoms with Crippen molar-refractivity contribution in [3.8, 4) is 6.07 Å². The van der Waals surface area contributed by atoms with Gasteiger partial charge in [-0.3, -0.25) is 0 Å². The minimum absolute atomic E-state index is 0.329. The topological polar surface area (TPSA) is 68.9 Å². The molecular formula is C9H10ClN3O. The van der Waals surface area contributed by atoms with E-state index < -0.39 is 6.10 Å². The average molecular weight is 212 g/mol. The summed E-state index contributed by atoms with van der Waals surface area (Å²) in [6, 6.07) is 3.50. The normalized spacial score (nSPS) is 11.9. The molecule has 2 N–H and O–H groups in total. The number of anilines is 1. The van der Waals surface area contributed by atoms with E-state index in [1.807, 2.05) is 6.07 Å². The zero-order valence-electron chi connectivity index (χ0n) is 7.66. The average Bonchev–Trinajstić information content (AvgIpc) is 2.16. The van der Waals surface area contributed by atoms with E-state index in [0.29, 0.717) is 22.9 Å². The van der Waals surface area contributed by atoms with Gasteiger partial charge in [-0.2, -0.15) is 5.26 Å². The van der Waals surface area contributed by atoms with Crippen LogP contribution in [-0.4, -0.2) is 22.7 Å². The Bertz CT molecular complexity index is 360. The summed E-state index contributed by atoms with van der Waals surface area (Å²) in [5, 5.41) is 20.9. The molecule has 0 aromatic carbocycles. The molecule has 1 rings (SSSR count). The third kappa shape index (κ3) is 2.87. The molecular weight excluding hydrogens is 202 g/mol. The van der Waals surface area contributed by atoms with Crippen molar-refractivity contribution in [2.45, 2.75) is 13.0 Å². The number of hydrogen-bond acceptors (Lipinski definition) is 4. The lowest BCUT2D eigenvalue weighted by molar-refractivity contribution is 0.208. The predicted molar refractivity (Wildman–Crippen MR) is 54.1 cm³/mol. The van der Waals surface area contributed by atoms with Gasteiger partial charge in [0.1, 0.15) is 11.9 Å². The molecule has 74 valence electrons. The second kappa shape index (κ2) is 4.80. The van der Waals surface area contributed by atoms with Crippen molar-refractivity contribution in [2.75, 3.05) is 11.9 Å². The van der Waals surface area contributed by atoms with E-state index in [4.69, 9.17) is 22.0 Å². The van der Waals surface area contributed by atoms with E-state index in [0.717, 1.165) is 0 Å². The molecule has 0 spiro atoms. The Morgan fingerprint density at radius 1 is 1.79 bits per heavy atom. The minimum Gasteiger partial charge on any atom is -0.392 e. The summed E-state index contributed by atoms with van der Waals surface area (Å²) in [5.41, 5.74) is 0.370. The van der Waals surface area contributed by atoms with Gasteiger partial charge in [-0.05, 0) is 13.0 Å². The number of nitriles is 1. The number of aromatic nitrogens is 1. The molecule has 1 aromatic rings. The first kappa shape index (κ1) is 10.8. The molecule has 0 aliphatic heterocycles. The fourth-order valence-corrected chi connectivity index (χ4v) is 1.02. The van der Waals surface area contributed by atoms with Crippen LogP contribution in [0.3, 0.4) is 0 Å². The summed E-state index contributed by atoms with van der Waals surface area (Å²) in [7, 11) is 0. The fourth-order valence-electron chi connectivity index (χ4n) is 0.873. The number of nitrogens with one attached hydrogen (secondary N) is 1. The zero-order valence-corrected chi connectivity index (χ0v) is 8.41. The van der Waals surface area contributed by atoms with E-state index in [9.17, 15) is 0 Å². The molecule has 0 aliphatic carbocycles. The Kier molecular flexibility index (Phi) is 3.69. The molecule has 0 saturated heterocycles. The third-order valence-electron chi connectivity index (χ3n) is 1.55. The molecule has 1 aromatic heterocycles. The van der Waals surface area contributed by atoms with Crippen LogP contribution >= 0.6 is 11.6 Å². The highest BCUT2D eigenvalue weighted by Crippen LogP contribution is 2.16. The number of aliphatic hydroxyl groups excluding tert-OH is 1. The lowest BCUT2D eigenvalue weighted by atomic mass is 10.3. The standard InChI is InChI=1S/C9H10ClN3O/c1-6(14)4-12-9-2-7(3-11)8(10)5-13-9/h2,5-6,14H,4H2,1H3,(H,12,13)/t6-/m0/s1. The van der Waals surface area contributed by atoms with E-state index in [1.165, 1.54) is 6.20 Å². The van der Waals surface area contributed by atoms with Crippen LogP contribution in [0, 0.1) is 11.3 Å². The highest BCUT2D eigenvalue weighted by Gasteiger charge is 2.02. The van der Waals surface area contributed by atoms with E-state index in [2.05, 4.69) is 10.3 Å². The van der Waals surface area contributed by atoms with Gasteiger partial charge in [0.2, 0.25) is 0 Å². The maximum Gasteiger partial charge on any atom is 0.127 e. The molecule has 0 radical (unpaired) electrons. The molecule has 0 amide bonds. The Balaban J connectivity index is 2.76. The fraction of sp³-hybridized carbons (Fsp3) is 0.333. The minimum atomic E-state index is -0.460. The van der Waals surface area contributed by atoms with Crippen LogP contribution in [0.4, 0.5) is 5.82 Å². The van der Waals surface area contributed by atoms with E-state index in [1.54, 1.807) is 13.0 Å². The van der Waals surface area contributed by atoms with Gasteiger partial charge in [0.25, 0.3) is 0 Å². The van der Waals surface area contributed by atoms with Gasteiger partial charge in [-0.1, -0.05) is 11.6 Å². The summed E-state index contributed by atoms with van der Waals surface area (Å²) >= 11 is 5.70. The Labute approximate surface area is 87.2 Å². The quantitative estimate of drug-likeness (QED) is 0.793. The molecule has 1 heterocycles. The highest BCUT2D eigenvalue weighted by atomic mass is 35.5. The highest BCUT2D eigenvalue weighted by molar-refractivity contribution is 6.31. The molecule has 0 bridgehead atoms. The van der Waals surface area contributed by atoms with Crippen LogP contribution in [-0.2, 0) is 0 Å². The number of aliphatic hydroxyl groups is 1. The van der Waals surface area contributed by atoms with E-state index >= 15 is 0 Å². The zero-order chi connectivity index (χ0) is 10.6. The maximum atomic E-state index is 9.01. The summed E-state index contributed by atoms with van der Waals surface area (Å²) in [6.07, 6.45) is 0.947. The van der Waals surface area contributed by atoms with Gasteiger partial charge >= 0.3 is 0 Å². The van der Waals surface area contributed by atoms with Gasteiger partial charge < -0.3 is 10.4 Å². The molecule has 14 heavy (non-hydrogen) atoms. The Morgan fingerprint density at radius 2 is 2.50 bits per heavy atom. The smallest absolute Gasteiger partial charge is 0.127 e. The molecule has 0 fully saturated rings. The molecule has 5 heteroatoms. The van der Waals surface area contributed by atoms with Crippen LogP contribution in [0.2, 0.25) is 5.02 Å². The van der Waals surface area contributed by atoms with Crippen molar-refractivity contribution >= 4 is 17.4 Å². The number of pyridine rings is 1. The van der Waals surface area contributed by atoms with E-state index in [-0.39, 0.29) is 0 Å². The molecule has 0 saturated carbocycles. The van der Waals surface area contributed by atoms with Gasteiger partial charge in [0.15, 0.2) is 0 Å². The van der Waals surface area contributed by atoms with Crippen molar-refractivity contribution in [3.63, 3.8) is 0 Å². The van der Waals surface area contributed by atoms with Crippen molar-refractivity contribution in [1.29, 1.82) is 5.26 Å². The second-order valence-corrected chi connectivity index (χ2v) is 3.30. The van der Waals surface area contributed by atoms with Crippen LogP contribution in [0.1, 0.15) is 12.5 Å². The van der Waals surface area contributed by atoms with Crippen LogP contribution < -0.4 is 5.32 Å². The second-order valence-electron chi connectivity index (χ2n) is 2.89. The lowest BCUT2D eigenvalue weighted by Gasteiger charge is -2.07. The summed E-state index contributed by atoms with van der Waals surface area (Å²) in [6.45, 7) is 2.05. The summed E-state index contributed by atoms with van der Waals surface area (Å²) < 4.78 is 0. The van der Waals surface area contributed by atoms with Crippen molar-refractivity contribution in [3.05, 3.63) is 22.8 Å². The first-order valence-corrected chi connectivity index (χ1v) is 4.49. The van der Waals surface area contributed by atoms with Gasteiger partial charge in [0.05, 0.1) is 16.7 Å². The monoisotopic (exact) mass is 211 g/mol. The SMILES string of the molecule is C[C@H](O)CNc1cc(C#N)c(Cl)cn1. The Hall–Kier alpha value is -1.31. The third-order valence-corrected chi connectivity index (χ3v) is 1.86. The van der Waals surface area contributed by atoms with Gasteiger partial charge in [-0.15, -0.1) is 0 Å². The van der Waals surface area contributed by atoms with Crippen molar-refractivity contribution < 1.29 is 5.11 Å². The number of hydrogen-bond donors (Lipinski definition) is 2. The molecule has 0 aliphatic rings. The van der Waals surface area contributed by atoms with Crippen molar-refractivity contribution in [2.24, 2.45) is 0 Å². The maximum absolute atomic E-state index is 9.01. The van der Waals surface area contributed by atoms with Gasteiger partial charge in [0, 0.05) is 12.7 Å². The van der Waals surface area contributed by atoms with Gasteiger partial charge in [-0.25, -0.2) is 4.98 Å². The first-order valence-electron chi connectivity index (χ1n) is 4.11. The van der Waals surface area contributed by atoms with Crippen LogP contribution in [0.5, 0.6) is 0 Å². The summed E-state index contributed by atoms with van der Waals surface area (Å²) in [4.78, 5) is 3.95. The number of nitrogens with zero attached hydrogens (tertiary/aromatic N) is 2. The molecule has 4 nitrogen and oxygen atoms in total. The lowest BCUT2D eigenvalue weighted by Crippen LogP contribution is -2.16. The van der Waals surface area contributed by atoms with Crippen LogP contribution in [0.25, 0.3) is 0 Å². The molecule has 0 unspecified atom stereocenters. The van der Waals surface area contributed by atoms with Crippen molar-refractivity contribution in [1.82, 2.24) is 4.98 Å². The number of rotatable bonds is 3. The summed E-state index contributed by atoms with van der Waals surface area (Å²) in [5.74, 6) is 0.534. The number of halogens is 1. The largest absolute Gasteiger partial charge is 0.392 e. The predicted octanol–water partition coefficient (Wildman–Crippen LogP) is 1.40. The molecule has 1 atom stereocenters. The first-order chi connectivity index (χ1) is 6.63. The van der Waals surface area contributed by atoms with Crippen LogP contribution in [0.15, 0.2) is 12.3 Å². The Morgan fingerprint density at radius 3 is 3.07 bits per heavy atom.